The SMILES string of the molecule is Cc1cccc(C(C(=O)NCc2ccccc2)N(C(=O)C(Cc2ccccc2)NC(=O)OC(C)(C)C)C(C)CCC(C)C)c1O. The third-order valence-corrected chi connectivity index (χ3v) is 7.56. The summed E-state index contributed by atoms with van der Waals surface area (Å²) < 4.78 is 5.55. The zero-order chi connectivity index (χ0) is 33.1. The first kappa shape index (κ1) is 35.2. The van der Waals surface area contributed by atoms with Gasteiger partial charge in [-0.3, -0.25) is 9.59 Å². The molecule has 0 aliphatic heterocycles. The number of ether oxygens (including phenoxy) is 1. The Morgan fingerprint density at radius 2 is 1.44 bits per heavy atom. The maximum atomic E-state index is 14.8. The van der Waals surface area contributed by atoms with Crippen molar-refractivity contribution >= 4 is 17.9 Å². The van der Waals surface area contributed by atoms with E-state index in [2.05, 4.69) is 24.5 Å². The molecule has 0 aliphatic rings. The molecule has 0 bridgehead atoms. The van der Waals surface area contributed by atoms with Gasteiger partial charge in [0.25, 0.3) is 0 Å². The van der Waals surface area contributed by atoms with Gasteiger partial charge in [0, 0.05) is 24.6 Å². The quantitative estimate of drug-likeness (QED) is 0.195. The summed E-state index contributed by atoms with van der Waals surface area (Å²) in [5, 5.41) is 17.1. The minimum atomic E-state index is -1.16. The highest BCUT2D eigenvalue weighted by molar-refractivity contribution is 5.93. The van der Waals surface area contributed by atoms with Crippen LogP contribution in [-0.2, 0) is 27.3 Å². The van der Waals surface area contributed by atoms with E-state index in [4.69, 9.17) is 4.74 Å². The lowest BCUT2D eigenvalue weighted by Gasteiger charge is -2.39. The summed E-state index contributed by atoms with van der Waals surface area (Å²) in [7, 11) is 0. The predicted octanol–water partition coefficient (Wildman–Crippen LogP) is 6.85. The Balaban J connectivity index is 2.12. The van der Waals surface area contributed by atoms with E-state index >= 15 is 0 Å². The number of hydrogen-bond acceptors (Lipinski definition) is 5. The van der Waals surface area contributed by atoms with E-state index in [1.807, 2.05) is 67.6 Å². The number of rotatable bonds is 13. The maximum Gasteiger partial charge on any atom is 0.408 e. The summed E-state index contributed by atoms with van der Waals surface area (Å²) in [6, 6.07) is 21.5. The number of carbonyl (C=O) groups excluding carboxylic acids is 3. The number of aryl methyl sites for hydroxylation is 1. The van der Waals surface area contributed by atoms with E-state index < -0.39 is 41.6 Å². The van der Waals surface area contributed by atoms with Crippen LogP contribution in [0.5, 0.6) is 5.75 Å². The summed E-state index contributed by atoms with van der Waals surface area (Å²) in [6.07, 6.45) is 0.884. The molecule has 3 N–H and O–H groups in total. The molecule has 3 atom stereocenters. The molecular weight excluding hydrogens is 566 g/mol. The summed E-state index contributed by atoms with van der Waals surface area (Å²) in [4.78, 5) is 43.7. The zero-order valence-electron chi connectivity index (χ0n) is 27.7. The fourth-order valence-electron chi connectivity index (χ4n) is 5.19. The molecule has 0 saturated carbocycles. The topological polar surface area (TPSA) is 108 Å². The largest absolute Gasteiger partial charge is 0.507 e. The van der Waals surface area contributed by atoms with Crippen LogP contribution in [-0.4, -0.2) is 45.6 Å². The number of phenolic OH excluding ortho intramolecular Hbond substituents is 1. The zero-order valence-corrected chi connectivity index (χ0v) is 27.7. The van der Waals surface area contributed by atoms with Crippen molar-refractivity contribution in [2.75, 3.05) is 0 Å². The first-order valence-corrected chi connectivity index (χ1v) is 15.7. The lowest BCUT2D eigenvalue weighted by atomic mass is 9.94. The molecule has 8 nitrogen and oxygen atoms in total. The Morgan fingerprint density at radius 1 is 0.844 bits per heavy atom. The molecule has 45 heavy (non-hydrogen) atoms. The minimum absolute atomic E-state index is 0.0501. The van der Waals surface area contributed by atoms with Gasteiger partial charge < -0.3 is 25.4 Å². The molecule has 8 heteroatoms. The molecule has 3 amide bonds. The molecule has 0 aliphatic carbocycles. The molecule has 0 fully saturated rings. The number of carbonyl (C=O) groups is 3. The lowest BCUT2D eigenvalue weighted by Crippen LogP contribution is -2.56. The summed E-state index contributed by atoms with van der Waals surface area (Å²) in [5.74, 6) is -0.560. The van der Waals surface area contributed by atoms with E-state index in [1.165, 1.54) is 0 Å². The summed E-state index contributed by atoms with van der Waals surface area (Å²) >= 11 is 0. The van der Waals surface area contributed by atoms with E-state index in [9.17, 15) is 19.5 Å². The number of hydrogen-bond donors (Lipinski definition) is 3. The van der Waals surface area contributed by atoms with Crippen molar-refractivity contribution in [2.45, 2.75) is 98.0 Å². The van der Waals surface area contributed by atoms with E-state index in [0.29, 0.717) is 23.5 Å². The van der Waals surface area contributed by atoms with Gasteiger partial charge in [0.15, 0.2) is 0 Å². The Hall–Kier alpha value is -4.33. The number of amides is 3. The van der Waals surface area contributed by atoms with Crippen molar-refractivity contribution in [3.05, 3.63) is 101 Å². The Labute approximate surface area is 268 Å². The lowest BCUT2D eigenvalue weighted by molar-refractivity contribution is -0.145. The average Bonchev–Trinajstić information content (AvgIpc) is 2.98. The Kier molecular flexibility index (Phi) is 12.6. The number of aromatic hydroxyl groups is 1. The first-order chi connectivity index (χ1) is 21.3. The molecule has 0 saturated heterocycles. The molecular formula is C37H49N3O5. The first-order valence-electron chi connectivity index (χ1n) is 15.7. The van der Waals surface area contributed by atoms with Gasteiger partial charge in [-0.05, 0) is 70.1 Å². The van der Waals surface area contributed by atoms with Crippen molar-refractivity contribution < 1.29 is 24.2 Å². The van der Waals surface area contributed by atoms with Crippen LogP contribution in [0.4, 0.5) is 4.79 Å². The highest BCUT2D eigenvalue weighted by Crippen LogP contribution is 2.34. The number of phenols is 1. The van der Waals surface area contributed by atoms with Crippen LogP contribution in [0.2, 0.25) is 0 Å². The molecule has 0 spiro atoms. The van der Waals surface area contributed by atoms with Crippen molar-refractivity contribution in [2.24, 2.45) is 5.92 Å². The van der Waals surface area contributed by atoms with E-state index in [1.54, 1.807) is 50.8 Å². The van der Waals surface area contributed by atoms with Crippen LogP contribution in [0.25, 0.3) is 0 Å². The van der Waals surface area contributed by atoms with Crippen LogP contribution in [0.3, 0.4) is 0 Å². The summed E-state index contributed by atoms with van der Waals surface area (Å²) in [6.45, 7) is 13.4. The smallest absolute Gasteiger partial charge is 0.408 e. The minimum Gasteiger partial charge on any atom is -0.507 e. The van der Waals surface area contributed by atoms with E-state index in [-0.39, 0.29) is 18.7 Å². The molecule has 3 aromatic rings. The van der Waals surface area contributed by atoms with E-state index in [0.717, 1.165) is 17.5 Å². The van der Waals surface area contributed by atoms with Crippen LogP contribution >= 0.6 is 0 Å². The van der Waals surface area contributed by atoms with Crippen LogP contribution < -0.4 is 10.6 Å². The van der Waals surface area contributed by atoms with Crippen LogP contribution in [0, 0.1) is 12.8 Å². The van der Waals surface area contributed by atoms with Gasteiger partial charge in [0.1, 0.15) is 23.4 Å². The number of nitrogens with zero attached hydrogens (tertiary/aromatic N) is 1. The number of benzene rings is 3. The molecule has 242 valence electrons. The van der Waals surface area contributed by atoms with Gasteiger partial charge >= 0.3 is 6.09 Å². The molecule has 0 heterocycles. The van der Waals surface area contributed by atoms with Gasteiger partial charge in [-0.25, -0.2) is 4.79 Å². The van der Waals surface area contributed by atoms with Gasteiger partial charge in [-0.15, -0.1) is 0 Å². The maximum absolute atomic E-state index is 14.8. The standard InChI is InChI=1S/C37H49N3O5/c1-25(2)21-22-27(4)40(35(43)31(23-28-16-10-8-11-17-28)39-36(44)45-37(5,6)7)32(30-20-14-15-26(3)33(30)41)34(42)38-24-29-18-12-9-13-19-29/h8-20,25,27,31-32,41H,21-24H2,1-7H3,(H,38,42)(H,39,44). The normalized spacial score (nSPS) is 13.4. The van der Waals surface area contributed by atoms with Crippen molar-refractivity contribution in [1.29, 1.82) is 0 Å². The Morgan fingerprint density at radius 3 is 2.02 bits per heavy atom. The predicted molar refractivity (Wildman–Crippen MR) is 178 cm³/mol. The third kappa shape index (κ3) is 10.7. The van der Waals surface area contributed by atoms with Crippen molar-refractivity contribution in [3.8, 4) is 5.75 Å². The second-order valence-electron chi connectivity index (χ2n) is 13.1. The van der Waals surface area contributed by atoms with Crippen molar-refractivity contribution in [3.63, 3.8) is 0 Å². The van der Waals surface area contributed by atoms with Crippen LogP contribution in [0.1, 0.15) is 82.7 Å². The van der Waals surface area contributed by atoms with Crippen LogP contribution in [0.15, 0.2) is 78.9 Å². The third-order valence-electron chi connectivity index (χ3n) is 7.56. The Bertz CT molecular complexity index is 1400. The highest BCUT2D eigenvalue weighted by atomic mass is 16.6. The van der Waals surface area contributed by atoms with Gasteiger partial charge in [-0.2, -0.15) is 0 Å². The second kappa shape index (κ2) is 16.1. The molecule has 3 rings (SSSR count). The fourth-order valence-corrected chi connectivity index (χ4v) is 5.19. The van der Waals surface area contributed by atoms with Crippen molar-refractivity contribution in [1.82, 2.24) is 15.5 Å². The second-order valence-corrected chi connectivity index (χ2v) is 13.1. The molecule has 0 radical (unpaired) electrons. The molecule has 0 aromatic heterocycles. The average molecular weight is 616 g/mol. The van der Waals surface area contributed by atoms with Gasteiger partial charge in [0.05, 0.1) is 0 Å². The van der Waals surface area contributed by atoms with Gasteiger partial charge in [0.2, 0.25) is 11.8 Å². The number of alkyl carbamates (subject to hydrolysis) is 1. The fraction of sp³-hybridized carbons (Fsp3) is 0.432. The highest BCUT2D eigenvalue weighted by Gasteiger charge is 2.40. The number of nitrogens with one attached hydrogen (secondary N) is 2. The summed E-state index contributed by atoms with van der Waals surface area (Å²) in [5.41, 5.74) is 1.87. The number of para-hydroxylation sites is 1. The molecule has 3 unspecified atom stereocenters. The monoisotopic (exact) mass is 615 g/mol. The van der Waals surface area contributed by atoms with Gasteiger partial charge in [-0.1, -0.05) is 92.7 Å². The molecule has 3 aromatic carbocycles.